The second-order valence-electron chi connectivity index (χ2n) is 15.3. The summed E-state index contributed by atoms with van der Waals surface area (Å²) in [7, 11) is 0.0375. The lowest BCUT2D eigenvalue weighted by atomic mass is 9.99. The van der Waals surface area contributed by atoms with Gasteiger partial charge in [0, 0.05) is 71.4 Å². The minimum atomic E-state index is -4.09. The van der Waals surface area contributed by atoms with E-state index < -0.39 is 15.9 Å². The number of benzene rings is 5. The number of sulfonamides is 1. The van der Waals surface area contributed by atoms with Gasteiger partial charge < -0.3 is 15.1 Å². The van der Waals surface area contributed by atoms with Crippen LogP contribution in [0.15, 0.2) is 131 Å². The van der Waals surface area contributed by atoms with E-state index in [0.29, 0.717) is 17.4 Å². The van der Waals surface area contributed by atoms with Crippen LogP contribution in [0, 0.1) is 18.8 Å². The zero-order valence-electron chi connectivity index (χ0n) is 32.2. The van der Waals surface area contributed by atoms with Crippen LogP contribution in [0.3, 0.4) is 0 Å². The summed E-state index contributed by atoms with van der Waals surface area (Å²) in [6.45, 7) is 7.70. The number of hydrogen-bond acceptors (Lipinski definition) is 8. The summed E-state index contributed by atoms with van der Waals surface area (Å²) in [6, 6.07) is 39.4. The second-order valence-corrected chi connectivity index (χ2v) is 18.5. The summed E-state index contributed by atoms with van der Waals surface area (Å²) >= 11 is 7.94. The topological polar surface area (TPSA) is 85.0 Å². The van der Waals surface area contributed by atoms with Crippen molar-refractivity contribution in [2.45, 2.75) is 35.7 Å². The molecule has 2 N–H and O–H groups in total. The number of rotatable bonds is 15. The molecule has 2 aliphatic heterocycles. The standard InChI is InChI=1S/C45H50ClN5O3S2/c1-32-25-42(21-22-44(32)47-39(23-24-49(2)3)31-55-41-10-5-4-6-11-41)56(53,54)48-45(52)34-15-19-40(20-16-34)51-29-36-27-50(28-37(36)30-51)26-35-9-7-8-12-43(35)33-13-17-38(46)18-14-33/h4-22,25,36-37,39,47H,23-24,26-31H2,1-3H3,(H,48,52)/t36-,37+,39-/m1/s1. The zero-order valence-corrected chi connectivity index (χ0v) is 34.6. The molecule has 1 amide bonds. The maximum atomic E-state index is 13.4. The fourth-order valence-electron chi connectivity index (χ4n) is 7.81. The van der Waals surface area contributed by atoms with Crippen LogP contribution in [-0.4, -0.2) is 82.7 Å². The predicted octanol–water partition coefficient (Wildman–Crippen LogP) is 8.53. The zero-order chi connectivity index (χ0) is 39.2. The smallest absolute Gasteiger partial charge is 0.264 e. The highest BCUT2D eigenvalue weighted by Gasteiger charge is 2.40. The average Bonchev–Trinajstić information content (AvgIpc) is 3.76. The molecule has 292 valence electrons. The van der Waals surface area contributed by atoms with Gasteiger partial charge in [0.15, 0.2) is 0 Å². The number of amides is 1. The number of fused-ring (bicyclic) bond motifs is 1. The second kappa shape index (κ2) is 17.9. The summed E-state index contributed by atoms with van der Waals surface area (Å²) in [6.07, 6.45) is 0.931. The summed E-state index contributed by atoms with van der Waals surface area (Å²) in [4.78, 5) is 21.6. The number of thioether (sulfide) groups is 1. The van der Waals surface area contributed by atoms with Crippen molar-refractivity contribution in [2.75, 3.05) is 62.8 Å². The third-order valence-corrected chi connectivity index (χ3v) is 13.6. The molecule has 3 atom stereocenters. The summed E-state index contributed by atoms with van der Waals surface area (Å²) in [5.41, 5.74) is 6.76. The Kier molecular flexibility index (Phi) is 12.7. The van der Waals surface area contributed by atoms with E-state index in [4.69, 9.17) is 11.6 Å². The lowest BCUT2D eigenvalue weighted by Gasteiger charge is -2.24. The molecule has 5 aromatic carbocycles. The molecule has 0 aliphatic carbocycles. The molecule has 0 aromatic heterocycles. The molecule has 0 saturated carbocycles. The quantitative estimate of drug-likeness (QED) is 0.102. The largest absolute Gasteiger partial charge is 0.381 e. The molecule has 8 nitrogen and oxygen atoms in total. The Morgan fingerprint density at radius 1 is 0.857 bits per heavy atom. The van der Waals surface area contributed by atoms with Gasteiger partial charge in [-0.15, -0.1) is 11.8 Å². The molecule has 0 bridgehead atoms. The van der Waals surface area contributed by atoms with Crippen molar-refractivity contribution in [3.05, 3.63) is 143 Å². The third-order valence-electron chi connectivity index (χ3n) is 10.8. The van der Waals surface area contributed by atoms with E-state index in [1.54, 1.807) is 42.1 Å². The number of hydrogen-bond donors (Lipinski definition) is 2. The van der Waals surface area contributed by atoms with Crippen molar-refractivity contribution in [3.8, 4) is 11.1 Å². The molecule has 0 radical (unpaired) electrons. The Morgan fingerprint density at radius 3 is 2.21 bits per heavy atom. The van der Waals surface area contributed by atoms with Crippen LogP contribution in [0.5, 0.6) is 0 Å². The van der Waals surface area contributed by atoms with Gasteiger partial charge in [0.25, 0.3) is 15.9 Å². The normalized spacial score (nSPS) is 17.6. The van der Waals surface area contributed by atoms with Gasteiger partial charge in [0.1, 0.15) is 0 Å². The number of likely N-dealkylation sites (tertiary alicyclic amines) is 1. The van der Waals surface area contributed by atoms with E-state index in [1.165, 1.54) is 21.6 Å². The van der Waals surface area contributed by atoms with Gasteiger partial charge in [-0.05, 0) is 135 Å². The first kappa shape index (κ1) is 39.9. The fourth-order valence-corrected chi connectivity index (χ4v) is 9.99. The molecule has 2 aliphatic rings. The molecule has 2 saturated heterocycles. The van der Waals surface area contributed by atoms with Crippen LogP contribution in [0.1, 0.15) is 27.9 Å². The monoisotopic (exact) mass is 807 g/mol. The van der Waals surface area contributed by atoms with Crippen molar-refractivity contribution < 1.29 is 13.2 Å². The minimum absolute atomic E-state index is 0.0557. The first-order valence-corrected chi connectivity index (χ1v) is 22.0. The van der Waals surface area contributed by atoms with Crippen LogP contribution in [0.2, 0.25) is 5.02 Å². The Morgan fingerprint density at radius 2 is 1.54 bits per heavy atom. The van der Waals surface area contributed by atoms with Crippen molar-refractivity contribution in [2.24, 2.45) is 11.8 Å². The van der Waals surface area contributed by atoms with Gasteiger partial charge in [-0.1, -0.05) is 66.2 Å². The van der Waals surface area contributed by atoms with E-state index in [0.717, 1.165) is 73.4 Å². The van der Waals surface area contributed by atoms with Gasteiger partial charge in [-0.25, -0.2) is 13.1 Å². The molecule has 2 heterocycles. The number of carbonyl (C=O) groups excluding carboxylic acids is 1. The molecular formula is C45H50ClN5O3S2. The van der Waals surface area contributed by atoms with E-state index in [1.807, 2.05) is 49.4 Å². The van der Waals surface area contributed by atoms with Crippen LogP contribution < -0.4 is 14.9 Å². The van der Waals surface area contributed by atoms with E-state index in [2.05, 4.69) is 87.4 Å². The predicted molar refractivity (Wildman–Crippen MR) is 231 cm³/mol. The fraction of sp³-hybridized carbons (Fsp3) is 0.311. The first-order valence-electron chi connectivity index (χ1n) is 19.2. The number of halogens is 1. The highest BCUT2D eigenvalue weighted by atomic mass is 35.5. The SMILES string of the molecule is Cc1cc(S(=O)(=O)NC(=O)c2ccc(N3C[C@H]4CN(Cc5ccccc5-c5ccc(Cl)cc5)C[C@H]4C3)cc2)ccc1N[C@H](CCN(C)C)CSc1ccccc1. The first-order chi connectivity index (χ1) is 27.0. The van der Waals surface area contributed by atoms with Crippen molar-refractivity contribution in [3.63, 3.8) is 0 Å². The lowest BCUT2D eigenvalue weighted by molar-refractivity contribution is 0.0981. The summed E-state index contributed by atoms with van der Waals surface area (Å²) in [5.74, 6) is 1.35. The summed E-state index contributed by atoms with van der Waals surface area (Å²) in [5, 5.41) is 4.38. The molecule has 11 heteroatoms. The molecule has 7 rings (SSSR count). The van der Waals surface area contributed by atoms with Gasteiger partial charge >= 0.3 is 0 Å². The third kappa shape index (κ3) is 9.97. The van der Waals surface area contributed by atoms with Gasteiger partial charge in [0.05, 0.1) is 4.90 Å². The highest BCUT2D eigenvalue weighted by molar-refractivity contribution is 7.99. The average molecular weight is 809 g/mol. The number of nitrogens with one attached hydrogen (secondary N) is 2. The Labute approximate surface area is 341 Å². The highest BCUT2D eigenvalue weighted by Crippen LogP contribution is 2.36. The minimum Gasteiger partial charge on any atom is -0.381 e. The molecule has 0 spiro atoms. The lowest BCUT2D eigenvalue weighted by Crippen LogP contribution is -2.31. The number of anilines is 2. The van der Waals surface area contributed by atoms with E-state index in [9.17, 15) is 13.2 Å². The van der Waals surface area contributed by atoms with Crippen LogP contribution >= 0.6 is 23.4 Å². The maximum Gasteiger partial charge on any atom is 0.264 e. The van der Waals surface area contributed by atoms with Crippen molar-refractivity contribution in [1.29, 1.82) is 0 Å². The van der Waals surface area contributed by atoms with Crippen LogP contribution in [0.25, 0.3) is 11.1 Å². The van der Waals surface area contributed by atoms with Crippen molar-refractivity contribution >= 4 is 50.7 Å². The number of aryl methyl sites for hydroxylation is 1. The molecule has 56 heavy (non-hydrogen) atoms. The Balaban J connectivity index is 0.923. The molecule has 2 fully saturated rings. The Bertz CT molecular complexity index is 2210. The Hall–Kier alpha value is -4.32. The van der Waals surface area contributed by atoms with E-state index >= 15 is 0 Å². The number of nitrogens with zero attached hydrogens (tertiary/aromatic N) is 3. The van der Waals surface area contributed by atoms with Gasteiger partial charge in [0.2, 0.25) is 0 Å². The molecular weight excluding hydrogens is 758 g/mol. The van der Waals surface area contributed by atoms with E-state index in [-0.39, 0.29) is 10.9 Å². The molecule has 5 aromatic rings. The maximum absolute atomic E-state index is 13.4. The summed E-state index contributed by atoms with van der Waals surface area (Å²) < 4.78 is 29.1. The van der Waals surface area contributed by atoms with Crippen molar-refractivity contribution in [1.82, 2.24) is 14.5 Å². The van der Waals surface area contributed by atoms with Crippen LogP contribution in [-0.2, 0) is 16.6 Å². The number of carbonyl (C=O) groups is 1. The van der Waals surface area contributed by atoms with Crippen LogP contribution in [0.4, 0.5) is 11.4 Å². The molecule has 0 unspecified atom stereocenters. The van der Waals surface area contributed by atoms with Gasteiger partial charge in [-0.2, -0.15) is 0 Å². The van der Waals surface area contributed by atoms with Gasteiger partial charge in [-0.3, -0.25) is 9.69 Å².